The van der Waals surface area contributed by atoms with Gasteiger partial charge in [0.15, 0.2) is 5.65 Å². The molecule has 1 aliphatic rings. The molecule has 2 aromatic carbocycles. The number of aryl methyl sites for hydroxylation is 1. The molecule has 21 nitrogen and oxygen atoms in total. The van der Waals surface area contributed by atoms with Gasteiger partial charge in [-0.1, -0.05) is 11.8 Å². The number of anilines is 3. The maximum Gasteiger partial charge on any atom is 0.490 e. The van der Waals surface area contributed by atoms with Crippen molar-refractivity contribution in [2.75, 3.05) is 56.9 Å². The fourth-order valence-corrected chi connectivity index (χ4v) is 9.67. The molecule has 3 aromatic heterocycles. The number of fused-ring (bicyclic) bond motifs is 3. The number of nitrogens with one attached hydrogen (secondary N) is 2. The lowest BCUT2D eigenvalue weighted by Gasteiger charge is -2.19. The third-order valence-corrected chi connectivity index (χ3v) is 13.1. The van der Waals surface area contributed by atoms with E-state index in [1.165, 1.54) is 10.8 Å². The third kappa shape index (κ3) is 10.9. The number of nitrogen functional groups attached to an aromatic ring is 1. The number of hydrogen-bond acceptors (Lipinski definition) is 13. The summed E-state index contributed by atoms with van der Waals surface area (Å²) in [5, 5.41) is 5.09. The molecule has 4 heterocycles. The van der Waals surface area contributed by atoms with Crippen molar-refractivity contribution in [1.29, 1.82) is 0 Å². The number of pyridine rings is 1. The minimum Gasteiger partial charge on any atom is -0.377 e. The largest absolute Gasteiger partial charge is 0.490 e. The van der Waals surface area contributed by atoms with Crippen LogP contribution >= 0.6 is 23.5 Å². The number of nitrogens with two attached hydrogens (primary N) is 1. The highest BCUT2D eigenvalue weighted by atomic mass is 31.3. The van der Waals surface area contributed by atoms with Gasteiger partial charge in [0.2, 0.25) is 22.9 Å². The van der Waals surface area contributed by atoms with Crippen LogP contribution in [0.5, 0.6) is 0 Å². The van der Waals surface area contributed by atoms with E-state index in [4.69, 9.17) is 24.8 Å². The monoisotopic (exact) mass is 877 g/mol. The molecule has 5 aromatic rings. The molecule has 1 aliphatic heterocycles. The summed E-state index contributed by atoms with van der Waals surface area (Å²) in [5.41, 5.74) is 9.87. The average molecular weight is 878 g/mol. The topological polar surface area (TPSA) is 285 Å². The van der Waals surface area contributed by atoms with Crippen LogP contribution in [0.1, 0.15) is 37.5 Å². The second-order valence-electron chi connectivity index (χ2n) is 14.0. The predicted molar refractivity (Wildman–Crippen MR) is 217 cm³/mol. The van der Waals surface area contributed by atoms with Gasteiger partial charge >= 0.3 is 23.5 Å². The van der Waals surface area contributed by atoms with Crippen molar-refractivity contribution in [3.8, 4) is 11.8 Å². The number of nitrogens with zero attached hydrogens (tertiary/aromatic N) is 5. The first-order valence-corrected chi connectivity index (χ1v) is 22.6. The molecule has 0 spiro atoms. The molecule has 4 atom stereocenters. The summed E-state index contributed by atoms with van der Waals surface area (Å²) in [4.78, 5) is 73.4. The van der Waals surface area contributed by atoms with Gasteiger partial charge in [-0.15, -0.1) is 0 Å². The fourth-order valence-electron chi connectivity index (χ4n) is 6.62. The number of H-pyrrole nitrogens is 1. The number of phosphoric ester groups is 1. The van der Waals surface area contributed by atoms with Crippen molar-refractivity contribution in [1.82, 2.24) is 19.9 Å². The number of carbonyl (C=O) groups excluding carboxylic acids is 1. The van der Waals surface area contributed by atoms with Crippen LogP contribution in [0.2, 0.25) is 0 Å². The number of benzene rings is 2. The summed E-state index contributed by atoms with van der Waals surface area (Å²) in [6.07, 6.45) is 1.15. The second-order valence-corrected chi connectivity index (χ2v) is 18.4. The number of ether oxygens (including phenoxy) is 1. The number of hydrogen-bond donors (Lipinski definition) is 7. The fraction of sp³-hybridized carbons (Fsp3) is 0.371. The Balaban J connectivity index is 1.10. The van der Waals surface area contributed by atoms with Crippen LogP contribution < -0.4 is 31.0 Å². The maximum atomic E-state index is 13.0. The zero-order valence-corrected chi connectivity index (χ0v) is 35.0. The summed E-state index contributed by atoms with van der Waals surface area (Å²) in [7, 11) is -8.63. The predicted octanol–water partition coefficient (Wildman–Crippen LogP) is 3.00. The van der Waals surface area contributed by atoms with Gasteiger partial charge in [0, 0.05) is 81.5 Å². The molecule has 24 heteroatoms. The Bertz CT molecular complexity index is 2620. The molecular formula is C35H44N8O13P3+. The lowest BCUT2D eigenvalue weighted by atomic mass is 10.1. The van der Waals surface area contributed by atoms with E-state index in [0.29, 0.717) is 13.0 Å². The van der Waals surface area contributed by atoms with E-state index < -0.39 is 48.0 Å². The van der Waals surface area contributed by atoms with Gasteiger partial charge < -0.3 is 49.7 Å². The van der Waals surface area contributed by atoms with Crippen molar-refractivity contribution in [2.45, 2.75) is 44.6 Å². The van der Waals surface area contributed by atoms with E-state index in [1.807, 2.05) is 38.0 Å². The summed E-state index contributed by atoms with van der Waals surface area (Å²) in [6, 6.07) is 14.8. The average Bonchev–Trinajstić information content (AvgIpc) is 3.75. The van der Waals surface area contributed by atoms with Crippen LogP contribution in [0.25, 0.3) is 32.8 Å². The Kier molecular flexibility index (Phi) is 13.0. The summed E-state index contributed by atoms with van der Waals surface area (Å²) in [5.74, 6) is 5.41. The number of rotatable bonds is 15. The Hall–Kier alpha value is -4.67. The van der Waals surface area contributed by atoms with Crippen molar-refractivity contribution < 1.29 is 60.5 Å². The SMILES string of the molecule is CN(C)c1ccc2cc3ccc(N(C)C)cc3[n+](CCCC(=O)NCC#Cc3cn([C@H]4CC[C@@H](COP(=O)(O)OP(=O)(O)OP(=O)(O)O)O4)c4nc(N)[nH]c(=O)c34)c2c1. The van der Waals surface area contributed by atoms with Crippen molar-refractivity contribution in [3.05, 3.63) is 64.6 Å². The summed E-state index contributed by atoms with van der Waals surface area (Å²) in [6.45, 7) is -0.0768. The highest BCUT2D eigenvalue weighted by molar-refractivity contribution is 7.66. The van der Waals surface area contributed by atoms with Crippen LogP contribution in [0.15, 0.2) is 53.5 Å². The molecule has 1 amide bonds. The Morgan fingerprint density at radius 1 is 1.00 bits per heavy atom. The quantitative estimate of drug-likeness (QED) is 0.0344. The molecule has 59 heavy (non-hydrogen) atoms. The van der Waals surface area contributed by atoms with Gasteiger partial charge in [0.25, 0.3) is 5.56 Å². The van der Waals surface area contributed by atoms with Gasteiger partial charge in [-0.2, -0.15) is 18.2 Å². The smallest absolute Gasteiger partial charge is 0.377 e. The van der Waals surface area contributed by atoms with Crippen molar-refractivity contribution in [3.63, 3.8) is 0 Å². The zero-order chi connectivity index (χ0) is 42.9. The molecular weight excluding hydrogens is 833 g/mol. The minimum atomic E-state index is -5.69. The lowest BCUT2D eigenvalue weighted by molar-refractivity contribution is -0.645. The standard InChI is InChI=1S/C35H43N8O13P3/c1-40(2)25-11-9-22-17-23-10-12-26(41(3)4)19-29(23)42(28(22)18-25)16-6-8-30(44)37-15-5-7-24-20-43(33-32(24)34(45)39-35(36)38-33)31-14-13-27(54-31)21-53-58(49,50)56-59(51,52)55-57(46,47)48/h9-12,17-20,27,31H,6,8,13-16,21H2,1-4H3,(H7-,36,37,38,39,44,45,46,47,48,49,50,51,52)/p+1/t27-,31+/m0/s1. The van der Waals surface area contributed by atoms with Gasteiger partial charge in [-0.05, 0) is 43.2 Å². The van der Waals surface area contributed by atoms with E-state index in [1.54, 1.807) is 0 Å². The number of amides is 1. The number of phosphoric acid groups is 3. The van der Waals surface area contributed by atoms with E-state index in [9.17, 15) is 33.1 Å². The normalized spacial score (nSPS) is 17.7. The highest BCUT2D eigenvalue weighted by Gasteiger charge is 2.41. The first kappa shape index (κ1) is 43.9. The first-order chi connectivity index (χ1) is 27.7. The molecule has 0 radical (unpaired) electrons. The van der Waals surface area contributed by atoms with Gasteiger partial charge in [0.1, 0.15) is 12.8 Å². The number of aromatic nitrogens is 4. The Morgan fingerprint density at radius 2 is 1.64 bits per heavy atom. The van der Waals surface area contributed by atoms with Gasteiger partial charge in [0.05, 0.1) is 30.2 Å². The molecule has 8 N–H and O–H groups in total. The highest BCUT2D eigenvalue weighted by Crippen LogP contribution is 2.66. The molecule has 1 fully saturated rings. The minimum absolute atomic E-state index is 0.0167. The zero-order valence-electron chi connectivity index (χ0n) is 32.3. The van der Waals surface area contributed by atoms with Crippen LogP contribution in [-0.4, -0.2) is 87.5 Å². The van der Waals surface area contributed by atoms with E-state index in [-0.39, 0.29) is 54.3 Å². The summed E-state index contributed by atoms with van der Waals surface area (Å²) >= 11 is 0. The Morgan fingerprint density at radius 3 is 2.25 bits per heavy atom. The number of carbonyl (C=O) groups is 1. The van der Waals surface area contributed by atoms with E-state index >= 15 is 0 Å². The third-order valence-electron chi connectivity index (χ3n) is 9.27. The maximum absolute atomic E-state index is 13.0. The summed E-state index contributed by atoms with van der Waals surface area (Å²) < 4.78 is 56.5. The molecule has 6 rings (SSSR count). The molecule has 0 saturated carbocycles. The van der Waals surface area contributed by atoms with E-state index in [2.05, 4.69) is 82.8 Å². The first-order valence-electron chi connectivity index (χ1n) is 18.0. The molecule has 1 saturated heterocycles. The van der Waals surface area contributed by atoms with Crippen molar-refractivity contribution in [2.24, 2.45) is 0 Å². The molecule has 2 unspecified atom stereocenters. The van der Waals surface area contributed by atoms with Crippen LogP contribution in [0.3, 0.4) is 0 Å². The molecule has 0 aliphatic carbocycles. The van der Waals surface area contributed by atoms with Gasteiger partial charge in [-0.3, -0.25) is 19.1 Å². The molecule has 316 valence electrons. The van der Waals surface area contributed by atoms with E-state index in [0.717, 1.165) is 33.2 Å². The molecule has 0 bridgehead atoms. The van der Waals surface area contributed by atoms with Gasteiger partial charge in [-0.25, -0.2) is 13.7 Å². The van der Waals surface area contributed by atoms with Crippen LogP contribution in [-0.2, 0) is 42.9 Å². The Labute approximate surface area is 337 Å². The van der Waals surface area contributed by atoms with Crippen LogP contribution in [0.4, 0.5) is 17.3 Å². The number of aromatic amines is 1. The van der Waals surface area contributed by atoms with Crippen molar-refractivity contribution >= 4 is 79.5 Å². The van der Waals surface area contributed by atoms with Crippen LogP contribution in [0, 0.1) is 11.8 Å². The lowest BCUT2D eigenvalue weighted by Crippen LogP contribution is -2.37. The second kappa shape index (κ2) is 17.5.